The van der Waals surface area contributed by atoms with Crippen LogP contribution in [0.5, 0.6) is 0 Å². The molecule has 2 rings (SSSR count). The molecule has 0 amide bonds. The highest BCUT2D eigenvalue weighted by Gasteiger charge is 2.38. The largest absolute Gasteiger partial charge is 0.465 e. The molecule has 0 atom stereocenters. The Kier molecular flexibility index (Phi) is 2.46. The fraction of sp³-hybridized carbons (Fsp3) is 0.455. The van der Waals surface area contributed by atoms with Gasteiger partial charge in [-0.05, 0) is 25.8 Å². The van der Waals surface area contributed by atoms with Crippen molar-refractivity contribution in [1.29, 1.82) is 0 Å². The molecule has 1 saturated carbocycles. The van der Waals surface area contributed by atoms with Crippen molar-refractivity contribution >= 4 is 17.5 Å². The Labute approximate surface area is 94.0 Å². The normalized spacial score (nSPS) is 16.6. The molecule has 1 aromatic heterocycles. The van der Waals surface area contributed by atoms with Crippen LogP contribution in [0.25, 0.3) is 0 Å². The van der Waals surface area contributed by atoms with Crippen molar-refractivity contribution in [2.24, 2.45) is 0 Å². The van der Waals surface area contributed by atoms with Gasteiger partial charge in [0, 0.05) is 5.54 Å². The van der Waals surface area contributed by atoms with Crippen LogP contribution < -0.4 is 11.1 Å². The topological polar surface area (TPSA) is 77.2 Å². The Morgan fingerprint density at radius 2 is 2.31 bits per heavy atom. The van der Waals surface area contributed by atoms with Crippen molar-refractivity contribution < 1.29 is 9.53 Å². The summed E-state index contributed by atoms with van der Waals surface area (Å²) >= 11 is 0. The first-order chi connectivity index (χ1) is 7.54. The fourth-order valence-electron chi connectivity index (χ4n) is 1.44. The quantitative estimate of drug-likeness (QED) is 0.755. The third-order valence-corrected chi connectivity index (χ3v) is 2.73. The van der Waals surface area contributed by atoms with Crippen molar-refractivity contribution in [2.45, 2.75) is 25.3 Å². The highest BCUT2D eigenvalue weighted by Crippen LogP contribution is 2.38. The minimum absolute atomic E-state index is 0.0614. The average molecular weight is 221 g/mol. The molecule has 0 aromatic carbocycles. The number of anilines is 2. The number of nitrogens with one attached hydrogen (secondary N) is 1. The Morgan fingerprint density at radius 1 is 1.62 bits per heavy atom. The van der Waals surface area contributed by atoms with Gasteiger partial charge in [0.05, 0.1) is 19.0 Å². The van der Waals surface area contributed by atoms with Gasteiger partial charge < -0.3 is 15.8 Å². The summed E-state index contributed by atoms with van der Waals surface area (Å²) in [6.45, 7) is 2.09. The number of carbonyl (C=O) groups excluding carboxylic acids is 1. The minimum atomic E-state index is -0.424. The van der Waals surface area contributed by atoms with Gasteiger partial charge in [-0.1, -0.05) is 0 Å². The average Bonchev–Trinajstić information content (AvgIpc) is 2.98. The van der Waals surface area contributed by atoms with Crippen LogP contribution in [-0.2, 0) is 4.74 Å². The van der Waals surface area contributed by atoms with Crippen LogP contribution in [0.3, 0.4) is 0 Å². The highest BCUT2D eigenvalue weighted by molar-refractivity contribution is 5.95. The van der Waals surface area contributed by atoms with E-state index in [4.69, 9.17) is 10.5 Å². The summed E-state index contributed by atoms with van der Waals surface area (Å²) in [5.74, 6) is 0.118. The monoisotopic (exact) mass is 221 g/mol. The molecule has 0 unspecified atom stereocenters. The molecule has 1 aromatic rings. The second kappa shape index (κ2) is 3.66. The maximum atomic E-state index is 11.5. The van der Waals surface area contributed by atoms with Gasteiger partial charge in [0.25, 0.3) is 0 Å². The Bertz CT molecular complexity index is 427. The van der Waals surface area contributed by atoms with Gasteiger partial charge in [-0.3, -0.25) is 0 Å². The van der Waals surface area contributed by atoms with Gasteiger partial charge in [0.2, 0.25) is 0 Å². The number of pyridine rings is 1. The predicted molar refractivity (Wildman–Crippen MR) is 61.3 cm³/mol. The van der Waals surface area contributed by atoms with Crippen LogP contribution in [-0.4, -0.2) is 23.6 Å². The maximum Gasteiger partial charge on any atom is 0.341 e. The van der Waals surface area contributed by atoms with Crippen LogP contribution in [0.4, 0.5) is 11.5 Å². The third-order valence-electron chi connectivity index (χ3n) is 2.73. The number of nitrogen functional groups attached to an aromatic ring is 1. The second-order valence-electron chi connectivity index (χ2n) is 4.34. The number of hydrogen-bond acceptors (Lipinski definition) is 5. The van der Waals surface area contributed by atoms with Gasteiger partial charge in [-0.25, -0.2) is 9.78 Å². The molecule has 1 aliphatic carbocycles. The standard InChI is InChI=1S/C11H15N3O2/c1-11(3-4-11)14-9-8(10(15)16-2)5-7(12)6-13-9/h5-6H,3-4,12H2,1-2H3,(H,13,14). The molecule has 0 aliphatic heterocycles. The number of aromatic nitrogens is 1. The van der Waals surface area contributed by atoms with Crippen molar-refractivity contribution in [1.82, 2.24) is 4.98 Å². The zero-order valence-electron chi connectivity index (χ0n) is 9.41. The van der Waals surface area contributed by atoms with Crippen LogP contribution in [0, 0.1) is 0 Å². The first-order valence-corrected chi connectivity index (χ1v) is 5.16. The summed E-state index contributed by atoms with van der Waals surface area (Å²) < 4.78 is 4.69. The lowest BCUT2D eigenvalue weighted by atomic mass is 10.2. The molecular formula is C11H15N3O2. The van der Waals surface area contributed by atoms with E-state index < -0.39 is 5.97 Å². The molecule has 0 radical (unpaired) electrons. The zero-order valence-corrected chi connectivity index (χ0v) is 9.41. The molecule has 16 heavy (non-hydrogen) atoms. The summed E-state index contributed by atoms with van der Waals surface area (Å²) in [7, 11) is 1.34. The van der Waals surface area contributed by atoms with Gasteiger partial charge >= 0.3 is 5.97 Å². The number of hydrogen-bond donors (Lipinski definition) is 2. The van der Waals surface area contributed by atoms with Crippen LogP contribution in [0.1, 0.15) is 30.1 Å². The van der Waals surface area contributed by atoms with E-state index in [1.807, 2.05) is 0 Å². The summed E-state index contributed by atoms with van der Waals surface area (Å²) in [4.78, 5) is 15.7. The number of rotatable bonds is 3. The fourth-order valence-corrected chi connectivity index (χ4v) is 1.44. The molecule has 1 heterocycles. The SMILES string of the molecule is COC(=O)c1cc(N)cnc1NC1(C)CC1. The van der Waals surface area contributed by atoms with Crippen molar-refractivity contribution in [2.75, 3.05) is 18.2 Å². The molecular weight excluding hydrogens is 206 g/mol. The summed E-state index contributed by atoms with van der Waals surface area (Å²) in [6, 6.07) is 1.58. The molecule has 0 saturated heterocycles. The first-order valence-electron chi connectivity index (χ1n) is 5.16. The van der Waals surface area contributed by atoms with Crippen LogP contribution in [0.15, 0.2) is 12.3 Å². The lowest BCUT2D eigenvalue weighted by molar-refractivity contribution is 0.0601. The van der Waals surface area contributed by atoms with E-state index in [0.717, 1.165) is 12.8 Å². The van der Waals surface area contributed by atoms with E-state index in [1.54, 1.807) is 6.07 Å². The number of methoxy groups -OCH3 is 1. The maximum absolute atomic E-state index is 11.5. The van der Waals surface area contributed by atoms with E-state index in [1.165, 1.54) is 13.3 Å². The highest BCUT2D eigenvalue weighted by atomic mass is 16.5. The van der Waals surface area contributed by atoms with Gasteiger partial charge in [-0.2, -0.15) is 0 Å². The van der Waals surface area contributed by atoms with Gasteiger partial charge in [0.1, 0.15) is 11.4 Å². The Morgan fingerprint density at radius 3 is 2.88 bits per heavy atom. The molecule has 0 bridgehead atoms. The predicted octanol–water partition coefficient (Wildman–Crippen LogP) is 1.41. The molecule has 3 N–H and O–H groups in total. The van der Waals surface area contributed by atoms with Crippen LogP contribution in [0.2, 0.25) is 0 Å². The zero-order chi connectivity index (χ0) is 11.8. The van der Waals surface area contributed by atoms with E-state index >= 15 is 0 Å². The third kappa shape index (κ3) is 2.08. The number of esters is 1. The van der Waals surface area contributed by atoms with Crippen molar-refractivity contribution in [3.05, 3.63) is 17.8 Å². The molecule has 1 fully saturated rings. The van der Waals surface area contributed by atoms with E-state index in [0.29, 0.717) is 17.1 Å². The number of nitrogens with two attached hydrogens (primary N) is 1. The number of nitrogens with zero attached hydrogens (tertiary/aromatic N) is 1. The summed E-state index contributed by atoms with van der Waals surface area (Å²) in [5.41, 5.74) is 6.50. The number of ether oxygens (including phenoxy) is 1. The minimum Gasteiger partial charge on any atom is -0.465 e. The Hall–Kier alpha value is -1.78. The second-order valence-corrected chi connectivity index (χ2v) is 4.34. The van der Waals surface area contributed by atoms with Crippen molar-refractivity contribution in [3.63, 3.8) is 0 Å². The summed E-state index contributed by atoms with van der Waals surface area (Å²) in [5, 5.41) is 3.24. The lowest BCUT2D eigenvalue weighted by Crippen LogP contribution is -2.20. The molecule has 1 aliphatic rings. The van der Waals surface area contributed by atoms with Crippen molar-refractivity contribution in [3.8, 4) is 0 Å². The van der Waals surface area contributed by atoms with Gasteiger partial charge in [0.15, 0.2) is 0 Å². The summed E-state index contributed by atoms with van der Waals surface area (Å²) in [6.07, 6.45) is 3.69. The number of carbonyl (C=O) groups is 1. The molecule has 5 nitrogen and oxygen atoms in total. The molecule has 86 valence electrons. The van der Waals surface area contributed by atoms with Crippen LogP contribution >= 0.6 is 0 Å². The van der Waals surface area contributed by atoms with E-state index in [-0.39, 0.29) is 5.54 Å². The van der Waals surface area contributed by atoms with E-state index in [2.05, 4.69) is 17.2 Å². The molecule has 0 spiro atoms. The Balaban J connectivity index is 2.31. The lowest BCUT2D eigenvalue weighted by Gasteiger charge is -2.15. The molecule has 5 heteroatoms. The van der Waals surface area contributed by atoms with E-state index in [9.17, 15) is 4.79 Å². The first kappa shape index (κ1) is 10.7. The van der Waals surface area contributed by atoms with Gasteiger partial charge in [-0.15, -0.1) is 0 Å². The smallest absolute Gasteiger partial charge is 0.341 e.